The summed E-state index contributed by atoms with van der Waals surface area (Å²) >= 11 is 1.51. The van der Waals surface area contributed by atoms with E-state index in [0.29, 0.717) is 11.5 Å². The summed E-state index contributed by atoms with van der Waals surface area (Å²) < 4.78 is 5.54. The van der Waals surface area contributed by atoms with Crippen LogP contribution in [0.4, 0.5) is 0 Å². The van der Waals surface area contributed by atoms with Gasteiger partial charge >= 0.3 is 0 Å². The van der Waals surface area contributed by atoms with Crippen molar-refractivity contribution in [2.24, 2.45) is 5.92 Å². The van der Waals surface area contributed by atoms with E-state index in [1.807, 2.05) is 30.3 Å². The number of thioether (sulfide) groups is 1. The summed E-state index contributed by atoms with van der Waals surface area (Å²) in [5.41, 5.74) is -5.50. The fraction of sp³-hybridized carbons (Fsp3) is 0.579. The molecule has 0 radical (unpaired) electrons. The van der Waals surface area contributed by atoms with Crippen LogP contribution in [0.2, 0.25) is 0 Å². The minimum Gasteiger partial charge on any atom is -0.393 e. The monoisotopic (exact) mass is 426 g/mol. The van der Waals surface area contributed by atoms with Gasteiger partial charge in [0, 0.05) is 17.4 Å². The summed E-state index contributed by atoms with van der Waals surface area (Å²) in [4.78, 5) is 25.5. The number of hydrogen-bond acceptors (Lipinski definition) is 8. The highest BCUT2D eigenvalue weighted by Gasteiger charge is 2.64. The molecule has 3 saturated heterocycles. The van der Waals surface area contributed by atoms with Gasteiger partial charge in [-0.05, 0) is 18.9 Å². The van der Waals surface area contributed by atoms with Gasteiger partial charge in [0.15, 0.2) is 0 Å². The number of aliphatic hydroxyl groups excluding tert-OH is 2. The van der Waals surface area contributed by atoms with Gasteiger partial charge in [0.2, 0.25) is 5.72 Å². The van der Waals surface area contributed by atoms with E-state index in [4.69, 9.17) is 4.74 Å². The first kappa shape index (κ1) is 22.0. The van der Waals surface area contributed by atoms with Crippen LogP contribution < -0.4 is 10.6 Å². The third-order valence-corrected chi connectivity index (χ3v) is 6.57. The average molecular weight is 426 g/mol. The molecule has 3 heterocycles. The molecule has 4 rings (SSSR count). The number of rotatable bonds is 7. The molecule has 5 atom stereocenters. The maximum absolute atomic E-state index is 12.8. The van der Waals surface area contributed by atoms with Crippen LogP contribution in [0.25, 0.3) is 0 Å². The summed E-state index contributed by atoms with van der Waals surface area (Å²) in [5, 5.41) is 45.5. The Bertz CT molecular complexity index is 762. The standard InChI is InChI=1S/C19H26N2O7S/c1-17(26,11-22)14(23)19-16(25)20-18(27,15(24)21-19)13(7-8-28-19)10-29-9-12-5-3-2-4-6-12/h2-6,13-14,22-23,26-27H,7-11H2,1H3,(H,20,25)(H,21,24)/t13?,14-,17+,18+,19-/m0/s1. The summed E-state index contributed by atoms with van der Waals surface area (Å²) in [5.74, 6) is -1.50. The van der Waals surface area contributed by atoms with Gasteiger partial charge in [-0.2, -0.15) is 11.8 Å². The molecule has 160 valence electrons. The number of aliphatic hydroxyl groups is 4. The molecule has 1 aromatic rings. The van der Waals surface area contributed by atoms with Gasteiger partial charge in [-0.3, -0.25) is 9.59 Å². The average Bonchev–Trinajstić information content (AvgIpc) is 2.69. The largest absolute Gasteiger partial charge is 0.393 e. The highest BCUT2D eigenvalue weighted by Crippen LogP contribution is 2.35. The molecule has 0 spiro atoms. The van der Waals surface area contributed by atoms with Crippen LogP contribution in [-0.2, 0) is 20.1 Å². The fourth-order valence-corrected chi connectivity index (χ4v) is 4.73. The van der Waals surface area contributed by atoms with Gasteiger partial charge in [0.25, 0.3) is 17.5 Å². The molecule has 3 fully saturated rings. The van der Waals surface area contributed by atoms with Crippen molar-refractivity contribution in [2.45, 2.75) is 42.3 Å². The number of carbonyl (C=O) groups is 2. The maximum Gasteiger partial charge on any atom is 0.278 e. The molecule has 6 N–H and O–H groups in total. The molecular formula is C19H26N2O7S. The SMILES string of the molecule is C[C@@](O)(CO)[C@H](O)[C@@]12NC(=O)[C@@](O)(NC1=O)C(CSCc1ccccc1)CCO2. The minimum absolute atomic E-state index is 0.0505. The molecule has 10 heteroatoms. The molecule has 9 nitrogen and oxygen atoms in total. The van der Waals surface area contributed by atoms with E-state index in [1.54, 1.807) is 0 Å². The summed E-state index contributed by atoms with van der Waals surface area (Å²) in [6, 6.07) is 9.71. The first-order valence-electron chi connectivity index (χ1n) is 9.30. The van der Waals surface area contributed by atoms with Crippen molar-refractivity contribution < 1.29 is 34.8 Å². The molecule has 29 heavy (non-hydrogen) atoms. The van der Waals surface area contributed by atoms with Crippen molar-refractivity contribution >= 4 is 23.6 Å². The van der Waals surface area contributed by atoms with Crippen molar-refractivity contribution in [1.29, 1.82) is 0 Å². The molecular weight excluding hydrogens is 400 g/mol. The summed E-state index contributed by atoms with van der Waals surface area (Å²) in [7, 11) is 0. The number of fused-ring (bicyclic) bond motifs is 5. The van der Waals surface area contributed by atoms with Crippen LogP contribution in [0.1, 0.15) is 18.9 Å². The highest BCUT2D eigenvalue weighted by atomic mass is 32.2. The van der Waals surface area contributed by atoms with Crippen LogP contribution in [0, 0.1) is 5.92 Å². The number of ether oxygens (including phenoxy) is 1. The molecule has 0 saturated carbocycles. The van der Waals surface area contributed by atoms with Gasteiger partial charge < -0.3 is 35.8 Å². The lowest BCUT2D eigenvalue weighted by molar-refractivity contribution is -0.240. The van der Waals surface area contributed by atoms with Crippen LogP contribution in [0.3, 0.4) is 0 Å². The van der Waals surface area contributed by atoms with Crippen molar-refractivity contribution in [3.63, 3.8) is 0 Å². The van der Waals surface area contributed by atoms with E-state index in [1.165, 1.54) is 11.8 Å². The summed E-state index contributed by atoms with van der Waals surface area (Å²) in [6.07, 6.45) is -1.72. The Labute approximate surface area is 172 Å². The van der Waals surface area contributed by atoms with Gasteiger partial charge in [-0.25, -0.2) is 0 Å². The Morgan fingerprint density at radius 1 is 1.28 bits per heavy atom. The predicted molar refractivity (Wildman–Crippen MR) is 104 cm³/mol. The first-order chi connectivity index (χ1) is 13.7. The second-order valence-corrected chi connectivity index (χ2v) is 8.69. The number of carbonyl (C=O) groups excluding carboxylic acids is 2. The second-order valence-electron chi connectivity index (χ2n) is 7.66. The minimum atomic E-state index is -2.31. The lowest BCUT2D eigenvalue weighted by Crippen LogP contribution is -2.83. The Kier molecular flexibility index (Phi) is 6.23. The highest BCUT2D eigenvalue weighted by molar-refractivity contribution is 7.98. The quantitative estimate of drug-likeness (QED) is 0.315. The van der Waals surface area contributed by atoms with Crippen LogP contribution in [0.5, 0.6) is 0 Å². The van der Waals surface area contributed by atoms with Gasteiger partial charge in [0.1, 0.15) is 11.7 Å². The lowest BCUT2D eigenvalue weighted by Gasteiger charge is -2.51. The number of hydrogen-bond donors (Lipinski definition) is 6. The molecule has 3 aliphatic rings. The molecule has 0 aliphatic carbocycles. The van der Waals surface area contributed by atoms with Gasteiger partial charge in [-0.1, -0.05) is 30.3 Å². The van der Waals surface area contributed by atoms with Gasteiger partial charge in [-0.15, -0.1) is 0 Å². The zero-order valence-corrected chi connectivity index (χ0v) is 16.8. The molecule has 3 aliphatic heterocycles. The van der Waals surface area contributed by atoms with E-state index >= 15 is 0 Å². The molecule has 1 unspecified atom stereocenters. The van der Waals surface area contributed by atoms with E-state index < -0.39 is 47.5 Å². The normalized spacial score (nSPS) is 32.5. The van der Waals surface area contributed by atoms with Crippen molar-refractivity contribution in [1.82, 2.24) is 10.6 Å². The Balaban J connectivity index is 1.76. The Hall–Kier alpha value is -1.69. The Morgan fingerprint density at radius 3 is 2.62 bits per heavy atom. The number of benzene rings is 1. The van der Waals surface area contributed by atoms with Crippen LogP contribution in [-0.4, -0.2) is 74.4 Å². The molecule has 1 aromatic carbocycles. The van der Waals surface area contributed by atoms with Crippen molar-refractivity contribution in [3.8, 4) is 0 Å². The predicted octanol–water partition coefficient (Wildman–Crippen LogP) is -1.31. The van der Waals surface area contributed by atoms with Crippen molar-refractivity contribution in [2.75, 3.05) is 19.0 Å². The smallest absolute Gasteiger partial charge is 0.278 e. The van der Waals surface area contributed by atoms with E-state index in [9.17, 15) is 30.0 Å². The van der Waals surface area contributed by atoms with Gasteiger partial charge in [0.05, 0.1) is 13.2 Å². The zero-order chi connectivity index (χ0) is 21.3. The molecule has 2 bridgehead atoms. The van der Waals surface area contributed by atoms with Crippen LogP contribution >= 0.6 is 11.8 Å². The third-order valence-electron chi connectivity index (χ3n) is 5.40. The first-order valence-corrected chi connectivity index (χ1v) is 10.5. The second kappa shape index (κ2) is 8.21. The summed E-state index contributed by atoms with van der Waals surface area (Å²) in [6.45, 7) is 0.189. The maximum atomic E-state index is 12.8. The molecule has 0 aromatic heterocycles. The van der Waals surface area contributed by atoms with E-state index in [2.05, 4.69) is 10.6 Å². The third kappa shape index (κ3) is 4.00. The Morgan fingerprint density at radius 2 is 1.97 bits per heavy atom. The lowest BCUT2D eigenvalue weighted by atomic mass is 9.83. The van der Waals surface area contributed by atoms with E-state index in [-0.39, 0.29) is 13.0 Å². The number of piperazine rings is 1. The fourth-order valence-electron chi connectivity index (χ4n) is 3.50. The topological polar surface area (TPSA) is 148 Å². The zero-order valence-electron chi connectivity index (χ0n) is 16.0. The van der Waals surface area contributed by atoms with Crippen molar-refractivity contribution in [3.05, 3.63) is 35.9 Å². The molecule has 2 amide bonds. The van der Waals surface area contributed by atoms with E-state index in [0.717, 1.165) is 12.5 Å². The van der Waals surface area contributed by atoms with Crippen LogP contribution in [0.15, 0.2) is 30.3 Å². The number of amides is 2. The number of nitrogens with one attached hydrogen (secondary N) is 2.